The Morgan fingerprint density at radius 2 is 1.85 bits per heavy atom. The molecule has 4 aromatic rings. The van der Waals surface area contributed by atoms with Crippen LogP contribution in [0.5, 0.6) is 5.75 Å². The molecule has 33 heavy (non-hydrogen) atoms. The van der Waals surface area contributed by atoms with E-state index in [4.69, 9.17) is 4.74 Å². The van der Waals surface area contributed by atoms with Crippen LogP contribution in [0, 0.1) is 6.92 Å². The Morgan fingerprint density at radius 1 is 1.06 bits per heavy atom. The van der Waals surface area contributed by atoms with Gasteiger partial charge in [0.05, 0.1) is 19.1 Å². The number of aryl methyl sites for hydroxylation is 1. The van der Waals surface area contributed by atoms with Crippen LogP contribution in [0.2, 0.25) is 0 Å². The lowest BCUT2D eigenvalue weighted by molar-refractivity contribution is -0.118. The second kappa shape index (κ2) is 10.6. The molecule has 0 saturated carbocycles. The van der Waals surface area contributed by atoms with E-state index in [0.717, 1.165) is 28.4 Å². The quantitative estimate of drug-likeness (QED) is 0.239. The van der Waals surface area contributed by atoms with E-state index in [1.54, 1.807) is 13.3 Å². The second-order valence-corrected chi connectivity index (χ2v) is 8.14. The summed E-state index contributed by atoms with van der Waals surface area (Å²) >= 11 is 1.30. The number of nitrogens with one attached hydrogen (secondary N) is 1. The van der Waals surface area contributed by atoms with Gasteiger partial charge in [0, 0.05) is 11.3 Å². The van der Waals surface area contributed by atoms with Gasteiger partial charge in [-0.2, -0.15) is 5.10 Å². The van der Waals surface area contributed by atoms with Gasteiger partial charge >= 0.3 is 0 Å². The molecule has 0 fully saturated rings. The molecule has 0 aliphatic carbocycles. The normalized spacial score (nSPS) is 11.0. The molecule has 4 rings (SSSR count). The molecule has 166 valence electrons. The maximum absolute atomic E-state index is 12.4. The van der Waals surface area contributed by atoms with Gasteiger partial charge in [-0.15, -0.1) is 10.2 Å². The average molecular weight is 458 g/mol. The molecule has 7 nitrogen and oxygen atoms in total. The van der Waals surface area contributed by atoms with Crippen molar-refractivity contribution in [3.8, 4) is 22.8 Å². The molecule has 0 saturated heterocycles. The summed E-state index contributed by atoms with van der Waals surface area (Å²) in [4.78, 5) is 12.4. The van der Waals surface area contributed by atoms with E-state index >= 15 is 0 Å². The number of hydrazone groups is 1. The largest absolute Gasteiger partial charge is 0.497 e. The number of benzene rings is 3. The van der Waals surface area contributed by atoms with Crippen LogP contribution in [0.25, 0.3) is 17.1 Å². The van der Waals surface area contributed by atoms with Crippen LogP contribution in [0.1, 0.15) is 11.1 Å². The van der Waals surface area contributed by atoms with Gasteiger partial charge in [-0.25, -0.2) is 5.43 Å². The van der Waals surface area contributed by atoms with Crippen LogP contribution in [-0.2, 0) is 4.79 Å². The molecule has 0 aliphatic rings. The molecule has 1 aromatic heterocycles. The first-order chi connectivity index (χ1) is 16.1. The number of methoxy groups -OCH3 is 1. The van der Waals surface area contributed by atoms with E-state index in [9.17, 15) is 4.79 Å². The van der Waals surface area contributed by atoms with Gasteiger partial charge in [0.2, 0.25) is 0 Å². The molecule has 8 heteroatoms. The number of hydrogen-bond donors (Lipinski definition) is 1. The zero-order valence-electron chi connectivity index (χ0n) is 18.3. The SMILES string of the molecule is COc1cccc(/C=N/NC(=O)CSc2nnc(-c3ccc(C)cc3)n2-c2ccccc2)c1. The minimum Gasteiger partial charge on any atom is -0.497 e. The van der Waals surface area contributed by atoms with Gasteiger partial charge in [-0.3, -0.25) is 9.36 Å². The number of thioether (sulfide) groups is 1. The monoisotopic (exact) mass is 457 g/mol. The van der Waals surface area contributed by atoms with Gasteiger partial charge in [-0.1, -0.05) is 71.9 Å². The Hall–Kier alpha value is -3.91. The summed E-state index contributed by atoms with van der Waals surface area (Å²) in [6, 6.07) is 25.4. The smallest absolute Gasteiger partial charge is 0.250 e. The van der Waals surface area contributed by atoms with Crippen LogP contribution in [0.3, 0.4) is 0 Å². The number of carbonyl (C=O) groups excluding carboxylic acids is 1. The molecule has 0 atom stereocenters. The third-order valence-electron chi connectivity index (χ3n) is 4.79. The Labute approximate surface area is 196 Å². The Bertz CT molecular complexity index is 1250. The fraction of sp³-hybridized carbons (Fsp3) is 0.120. The van der Waals surface area contributed by atoms with Gasteiger partial charge in [0.15, 0.2) is 11.0 Å². The first kappa shape index (κ1) is 22.3. The van der Waals surface area contributed by atoms with Crippen molar-refractivity contribution in [1.82, 2.24) is 20.2 Å². The summed E-state index contributed by atoms with van der Waals surface area (Å²) in [7, 11) is 1.60. The zero-order valence-corrected chi connectivity index (χ0v) is 19.1. The number of hydrogen-bond acceptors (Lipinski definition) is 6. The summed E-state index contributed by atoms with van der Waals surface area (Å²) in [5, 5.41) is 13.4. The summed E-state index contributed by atoms with van der Waals surface area (Å²) in [5.41, 5.74) is 6.44. The zero-order chi connectivity index (χ0) is 23.0. The fourth-order valence-corrected chi connectivity index (χ4v) is 3.87. The lowest BCUT2D eigenvalue weighted by Gasteiger charge is -2.10. The number of carbonyl (C=O) groups is 1. The lowest BCUT2D eigenvalue weighted by atomic mass is 10.1. The number of amides is 1. The Morgan fingerprint density at radius 3 is 2.61 bits per heavy atom. The highest BCUT2D eigenvalue weighted by atomic mass is 32.2. The highest BCUT2D eigenvalue weighted by molar-refractivity contribution is 7.99. The van der Waals surface area contributed by atoms with Gasteiger partial charge in [-0.05, 0) is 36.8 Å². The summed E-state index contributed by atoms with van der Waals surface area (Å²) in [6.07, 6.45) is 1.58. The number of para-hydroxylation sites is 1. The topological polar surface area (TPSA) is 81.4 Å². The van der Waals surface area contributed by atoms with E-state index in [2.05, 4.69) is 20.7 Å². The highest BCUT2D eigenvalue weighted by Gasteiger charge is 2.17. The minimum atomic E-state index is -0.237. The molecule has 0 bridgehead atoms. The van der Waals surface area contributed by atoms with E-state index in [1.165, 1.54) is 17.3 Å². The molecule has 1 amide bonds. The maximum Gasteiger partial charge on any atom is 0.250 e. The lowest BCUT2D eigenvalue weighted by Crippen LogP contribution is -2.20. The van der Waals surface area contributed by atoms with Crippen LogP contribution in [0.15, 0.2) is 89.1 Å². The predicted molar refractivity (Wildman–Crippen MR) is 131 cm³/mol. The maximum atomic E-state index is 12.4. The number of aromatic nitrogens is 3. The third kappa shape index (κ3) is 5.67. The van der Waals surface area contributed by atoms with Gasteiger partial charge < -0.3 is 4.74 Å². The predicted octanol–water partition coefficient (Wildman–Crippen LogP) is 4.49. The first-order valence-electron chi connectivity index (χ1n) is 10.3. The number of nitrogens with zero attached hydrogens (tertiary/aromatic N) is 4. The molecular weight excluding hydrogens is 434 g/mol. The van der Waals surface area contributed by atoms with Crippen molar-refractivity contribution in [2.24, 2.45) is 5.10 Å². The van der Waals surface area contributed by atoms with Crippen molar-refractivity contribution in [2.75, 3.05) is 12.9 Å². The van der Waals surface area contributed by atoms with E-state index in [-0.39, 0.29) is 11.7 Å². The third-order valence-corrected chi connectivity index (χ3v) is 5.72. The summed E-state index contributed by atoms with van der Waals surface area (Å²) in [5.74, 6) is 1.36. The van der Waals surface area contributed by atoms with E-state index in [0.29, 0.717) is 5.16 Å². The summed E-state index contributed by atoms with van der Waals surface area (Å²) < 4.78 is 7.15. The van der Waals surface area contributed by atoms with Crippen molar-refractivity contribution >= 4 is 23.9 Å². The number of rotatable bonds is 8. The molecule has 0 aliphatic heterocycles. The van der Waals surface area contributed by atoms with Gasteiger partial charge in [0.25, 0.3) is 5.91 Å². The first-order valence-corrected chi connectivity index (χ1v) is 11.3. The van der Waals surface area contributed by atoms with E-state index < -0.39 is 0 Å². The molecule has 3 aromatic carbocycles. The average Bonchev–Trinajstić information content (AvgIpc) is 3.28. The van der Waals surface area contributed by atoms with Crippen molar-refractivity contribution in [2.45, 2.75) is 12.1 Å². The molecule has 0 radical (unpaired) electrons. The van der Waals surface area contributed by atoms with Crippen molar-refractivity contribution < 1.29 is 9.53 Å². The second-order valence-electron chi connectivity index (χ2n) is 7.20. The molecule has 1 heterocycles. The van der Waals surface area contributed by atoms with E-state index in [1.807, 2.05) is 90.4 Å². The van der Waals surface area contributed by atoms with Crippen LogP contribution < -0.4 is 10.2 Å². The molecule has 1 N–H and O–H groups in total. The Balaban J connectivity index is 1.48. The minimum absolute atomic E-state index is 0.147. The molecule has 0 unspecified atom stereocenters. The van der Waals surface area contributed by atoms with Crippen LogP contribution in [0.4, 0.5) is 0 Å². The Kier molecular flexibility index (Phi) is 7.16. The van der Waals surface area contributed by atoms with Crippen molar-refractivity contribution in [1.29, 1.82) is 0 Å². The highest BCUT2D eigenvalue weighted by Crippen LogP contribution is 2.28. The summed E-state index contributed by atoms with van der Waals surface area (Å²) in [6.45, 7) is 2.04. The molecule has 0 spiro atoms. The van der Waals surface area contributed by atoms with Crippen LogP contribution in [-0.4, -0.2) is 39.7 Å². The van der Waals surface area contributed by atoms with Crippen molar-refractivity contribution in [3.63, 3.8) is 0 Å². The van der Waals surface area contributed by atoms with Crippen LogP contribution >= 0.6 is 11.8 Å². The standard InChI is InChI=1S/C25H23N5O2S/c1-18-11-13-20(14-12-18)24-28-29-25(30(24)21-8-4-3-5-9-21)33-17-23(31)27-26-16-19-7-6-10-22(15-19)32-2/h3-16H,17H2,1-2H3,(H,27,31)/b26-16+. The van der Waals surface area contributed by atoms with Crippen molar-refractivity contribution in [3.05, 3.63) is 90.0 Å². The van der Waals surface area contributed by atoms with Gasteiger partial charge in [0.1, 0.15) is 5.75 Å². The fourth-order valence-electron chi connectivity index (χ4n) is 3.13. The molecular formula is C25H23N5O2S. The number of ether oxygens (including phenoxy) is 1.